The van der Waals surface area contributed by atoms with E-state index in [9.17, 15) is 4.79 Å². The molecule has 0 unspecified atom stereocenters. The molecule has 7 nitrogen and oxygen atoms in total. The molecule has 0 saturated carbocycles. The van der Waals surface area contributed by atoms with Crippen molar-refractivity contribution in [2.24, 2.45) is 10.1 Å². The number of hydrogen-bond donors (Lipinski definition) is 1. The van der Waals surface area contributed by atoms with Gasteiger partial charge in [-0.25, -0.2) is 0 Å². The number of carbonyl (C=O) groups is 1. The van der Waals surface area contributed by atoms with E-state index in [1.807, 2.05) is 60.7 Å². The fourth-order valence-electron chi connectivity index (χ4n) is 3.80. The molecule has 8 heteroatoms. The summed E-state index contributed by atoms with van der Waals surface area (Å²) < 4.78 is 10.7. The number of amides is 1. The van der Waals surface area contributed by atoms with E-state index in [-0.39, 0.29) is 11.4 Å². The van der Waals surface area contributed by atoms with Crippen LogP contribution in [0.2, 0.25) is 0 Å². The molecule has 3 aromatic rings. The zero-order valence-corrected chi connectivity index (χ0v) is 18.8. The molecule has 5 rings (SSSR count). The number of aliphatic imine (C=N–C) groups is 1. The van der Waals surface area contributed by atoms with Gasteiger partial charge in [0.05, 0.1) is 19.8 Å². The molecule has 2 aliphatic rings. The Morgan fingerprint density at radius 1 is 1.03 bits per heavy atom. The van der Waals surface area contributed by atoms with Crippen LogP contribution >= 0.6 is 11.8 Å². The highest BCUT2D eigenvalue weighted by Crippen LogP contribution is 2.32. The molecule has 0 bridgehead atoms. The van der Waals surface area contributed by atoms with Crippen molar-refractivity contribution in [3.05, 3.63) is 77.4 Å². The highest BCUT2D eigenvalue weighted by Gasteiger charge is 2.35. The van der Waals surface area contributed by atoms with Crippen molar-refractivity contribution in [2.75, 3.05) is 14.2 Å². The Morgan fingerprint density at radius 3 is 2.64 bits per heavy atom. The zero-order valence-electron chi connectivity index (χ0n) is 18.0. The first-order valence-corrected chi connectivity index (χ1v) is 11.1. The third kappa shape index (κ3) is 3.89. The van der Waals surface area contributed by atoms with Gasteiger partial charge in [-0.3, -0.25) is 10.2 Å². The van der Waals surface area contributed by atoms with E-state index in [0.29, 0.717) is 23.1 Å². The van der Waals surface area contributed by atoms with Crippen LogP contribution in [-0.2, 0) is 11.2 Å². The van der Waals surface area contributed by atoms with Crippen LogP contribution in [0.5, 0.6) is 11.5 Å². The average molecular weight is 457 g/mol. The average Bonchev–Trinajstić information content (AvgIpc) is 3.24. The molecule has 0 spiro atoms. The van der Waals surface area contributed by atoms with Gasteiger partial charge in [-0.2, -0.15) is 15.1 Å². The lowest BCUT2D eigenvalue weighted by Gasteiger charge is -2.20. The smallest absolute Gasteiger partial charge is 0.283 e. The summed E-state index contributed by atoms with van der Waals surface area (Å²) in [6.07, 6.45) is 2.24. The molecule has 3 aromatic carbocycles. The fraction of sp³-hybridized carbons (Fsp3) is 0.120. The molecule has 0 atom stereocenters. The van der Waals surface area contributed by atoms with E-state index < -0.39 is 5.91 Å². The monoisotopic (exact) mass is 456 g/mol. The standard InChI is InChI=1S/C25H20N4O3S/c1-31-20-11-10-15(12-21(20)32-2)13-22-28-29-23(26)19(24(30)27-25(29)33-22)14-17-8-5-7-16-6-3-4-9-18(16)17/h3-12,14,26H,13H2,1-2H3/b19-14-,26-23?. The summed E-state index contributed by atoms with van der Waals surface area (Å²) in [4.78, 5) is 17.0. The number of carbonyl (C=O) groups excluding carboxylic acids is 1. The molecule has 0 saturated heterocycles. The van der Waals surface area contributed by atoms with Crippen LogP contribution in [0.3, 0.4) is 0 Å². The van der Waals surface area contributed by atoms with Gasteiger partial charge in [-0.15, -0.1) is 0 Å². The van der Waals surface area contributed by atoms with Crippen molar-refractivity contribution in [1.29, 1.82) is 5.41 Å². The summed E-state index contributed by atoms with van der Waals surface area (Å²) in [6, 6.07) is 19.5. The van der Waals surface area contributed by atoms with Gasteiger partial charge >= 0.3 is 0 Å². The Labute approximate surface area is 194 Å². The van der Waals surface area contributed by atoms with Gasteiger partial charge in [0.2, 0.25) is 5.17 Å². The Bertz CT molecular complexity index is 1390. The van der Waals surface area contributed by atoms with Gasteiger partial charge < -0.3 is 9.47 Å². The normalized spacial score (nSPS) is 16.7. The Morgan fingerprint density at radius 2 is 1.82 bits per heavy atom. The van der Waals surface area contributed by atoms with E-state index in [1.165, 1.54) is 16.8 Å². The van der Waals surface area contributed by atoms with Crippen molar-refractivity contribution < 1.29 is 14.3 Å². The number of rotatable bonds is 5. The van der Waals surface area contributed by atoms with E-state index in [1.54, 1.807) is 20.3 Å². The molecular weight excluding hydrogens is 436 g/mol. The minimum absolute atomic E-state index is 0.0211. The molecule has 1 N–H and O–H groups in total. The van der Waals surface area contributed by atoms with Crippen LogP contribution in [0.1, 0.15) is 11.1 Å². The highest BCUT2D eigenvalue weighted by atomic mass is 32.2. The summed E-state index contributed by atoms with van der Waals surface area (Å²) in [7, 11) is 3.19. The molecule has 33 heavy (non-hydrogen) atoms. The maximum atomic E-state index is 12.8. The highest BCUT2D eigenvalue weighted by molar-refractivity contribution is 8.26. The molecule has 164 valence electrons. The largest absolute Gasteiger partial charge is 0.493 e. The number of methoxy groups -OCH3 is 2. The first-order chi connectivity index (χ1) is 16.1. The third-order valence-corrected chi connectivity index (χ3v) is 6.33. The minimum atomic E-state index is -0.436. The Kier molecular flexibility index (Phi) is 5.43. The van der Waals surface area contributed by atoms with Crippen LogP contribution in [0, 0.1) is 5.41 Å². The van der Waals surface area contributed by atoms with Crippen LogP contribution in [0.25, 0.3) is 16.8 Å². The van der Waals surface area contributed by atoms with Crippen molar-refractivity contribution >= 4 is 50.6 Å². The molecule has 2 heterocycles. The number of hydrazone groups is 1. The predicted molar refractivity (Wildman–Crippen MR) is 132 cm³/mol. The second kappa shape index (κ2) is 8.55. The van der Waals surface area contributed by atoms with E-state index in [2.05, 4.69) is 10.1 Å². The number of nitrogens with one attached hydrogen (secondary N) is 1. The Hall–Kier alpha value is -3.91. The molecule has 0 fully saturated rings. The van der Waals surface area contributed by atoms with Crippen molar-refractivity contribution in [3.8, 4) is 11.5 Å². The number of hydrogen-bond acceptors (Lipinski definition) is 6. The fourth-order valence-corrected chi connectivity index (χ4v) is 4.72. The molecule has 2 aliphatic heterocycles. The number of thioether (sulfide) groups is 1. The van der Waals surface area contributed by atoms with Crippen LogP contribution in [0.4, 0.5) is 0 Å². The second-order valence-electron chi connectivity index (χ2n) is 7.45. The number of fused-ring (bicyclic) bond motifs is 2. The molecule has 0 aliphatic carbocycles. The predicted octanol–water partition coefficient (Wildman–Crippen LogP) is 4.72. The first kappa shape index (κ1) is 21.0. The Balaban J connectivity index is 1.44. The van der Waals surface area contributed by atoms with Gasteiger partial charge in [0.1, 0.15) is 5.04 Å². The maximum Gasteiger partial charge on any atom is 0.283 e. The lowest BCUT2D eigenvalue weighted by Crippen LogP contribution is -2.35. The number of amidine groups is 2. The van der Waals surface area contributed by atoms with Gasteiger partial charge in [-0.05, 0) is 51.9 Å². The van der Waals surface area contributed by atoms with Crippen LogP contribution in [0.15, 0.2) is 76.3 Å². The topological polar surface area (TPSA) is 87.3 Å². The maximum absolute atomic E-state index is 12.8. The van der Waals surface area contributed by atoms with Gasteiger partial charge in [0, 0.05) is 6.42 Å². The van der Waals surface area contributed by atoms with E-state index >= 15 is 0 Å². The number of nitrogens with zero attached hydrogens (tertiary/aromatic N) is 3. The van der Waals surface area contributed by atoms with Crippen molar-refractivity contribution in [3.63, 3.8) is 0 Å². The van der Waals surface area contributed by atoms with E-state index in [0.717, 1.165) is 26.9 Å². The molecular formula is C25H20N4O3S. The quantitative estimate of drug-likeness (QED) is 0.562. The summed E-state index contributed by atoms with van der Waals surface area (Å²) in [5.41, 5.74) is 2.05. The molecule has 1 amide bonds. The molecule has 0 radical (unpaired) electrons. The summed E-state index contributed by atoms with van der Waals surface area (Å²) in [5.74, 6) is 0.874. The summed E-state index contributed by atoms with van der Waals surface area (Å²) >= 11 is 1.30. The SMILES string of the molecule is COc1ccc(CC2=NN3C(=N)/C(=C/c4cccc5ccccc45)C(=O)N=C3S2)cc1OC. The van der Waals surface area contributed by atoms with Crippen LogP contribution < -0.4 is 9.47 Å². The third-order valence-electron chi connectivity index (χ3n) is 5.42. The van der Waals surface area contributed by atoms with Gasteiger partial charge in [-0.1, -0.05) is 48.5 Å². The second-order valence-corrected chi connectivity index (χ2v) is 8.49. The molecule has 0 aromatic heterocycles. The van der Waals surface area contributed by atoms with Crippen LogP contribution in [-0.4, -0.2) is 41.2 Å². The van der Waals surface area contributed by atoms with Gasteiger partial charge in [0.15, 0.2) is 17.3 Å². The minimum Gasteiger partial charge on any atom is -0.493 e. The zero-order chi connectivity index (χ0) is 22.9. The van der Waals surface area contributed by atoms with E-state index in [4.69, 9.17) is 14.9 Å². The first-order valence-electron chi connectivity index (χ1n) is 10.2. The van der Waals surface area contributed by atoms with Crippen molar-refractivity contribution in [2.45, 2.75) is 6.42 Å². The lowest BCUT2D eigenvalue weighted by atomic mass is 10.0. The van der Waals surface area contributed by atoms with Crippen molar-refractivity contribution in [1.82, 2.24) is 5.01 Å². The lowest BCUT2D eigenvalue weighted by molar-refractivity contribution is -0.114. The summed E-state index contributed by atoms with van der Waals surface area (Å²) in [6.45, 7) is 0. The summed E-state index contributed by atoms with van der Waals surface area (Å²) in [5, 5.41) is 17.9. The number of ether oxygens (including phenoxy) is 2. The van der Waals surface area contributed by atoms with Gasteiger partial charge in [0.25, 0.3) is 5.91 Å². The number of benzene rings is 3.